The molecule has 4 fully saturated rings. The van der Waals surface area contributed by atoms with Gasteiger partial charge in [0.05, 0.1) is 25.2 Å². The minimum Gasteiger partial charge on any atom is -0.496 e. The van der Waals surface area contributed by atoms with Gasteiger partial charge in [-0.15, -0.1) is 0 Å². The van der Waals surface area contributed by atoms with E-state index in [0.717, 1.165) is 78.9 Å². The normalized spacial score (nSPS) is 22.3. The highest BCUT2D eigenvalue weighted by atomic mass is 16.5. The first-order chi connectivity index (χ1) is 26.8. The Kier molecular flexibility index (Phi) is 7.26. The zero-order chi connectivity index (χ0) is 39.1. The van der Waals surface area contributed by atoms with Crippen LogP contribution >= 0.6 is 0 Å². The number of methoxy groups -OCH3 is 2. The second-order valence-electron chi connectivity index (χ2n) is 15.4. The van der Waals surface area contributed by atoms with Gasteiger partial charge in [0.25, 0.3) is 11.5 Å². The monoisotopic (exact) mass is 719 g/mol. The molecule has 12 heteroatoms. The van der Waals surface area contributed by atoms with Crippen molar-refractivity contribution in [1.82, 2.24) is 24.7 Å². The van der Waals surface area contributed by atoms with Crippen molar-refractivity contribution in [1.29, 1.82) is 0 Å². The molecule has 9 rings (SSSR count). The number of pyridine rings is 2. The van der Waals surface area contributed by atoms with Crippen LogP contribution in [-0.2, 0) is 29.7 Å². The molecule has 2 aromatic carbocycles. The van der Waals surface area contributed by atoms with Gasteiger partial charge in [-0.1, -0.05) is 6.07 Å². The number of fused-ring (bicyclic) bond motifs is 2. The highest BCUT2D eigenvalue weighted by Crippen LogP contribution is 2.45. The lowest BCUT2D eigenvalue weighted by Crippen LogP contribution is -2.60. The summed E-state index contributed by atoms with van der Waals surface area (Å²) >= 11 is 0. The number of likely N-dealkylation sites (tertiary alicyclic amines) is 1. The molecule has 1 N–H and O–H groups in total. The summed E-state index contributed by atoms with van der Waals surface area (Å²) in [5.74, 6) is 0.725. The van der Waals surface area contributed by atoms with Crippen LogP contribution in [0.15, 0.2) is 53.6 Å². The molecule has 4 aliphatic heterocycles. The molecule has 1 saturated carbocycles. The van der Waals surface area contributed by atoms with Crippen LogP contribution in [0.4, 0.5) is 5.69 Å². The summed E-state index contributed by atoms with van der Waals surface area (Å²) < 4.78 is 36.9. The van der Waals surface area contributed by atoms with E-state index >= 15 is 0 Å². The average molecular weight is 720 g/mol. The Hall–Kier alpha value is -5.23. The minimum absolute atomic E-state index is 0.160. The molecule has 1 aliphatic carbocycles. The Morgan fingerprint density at radius 1 is 0.943 bits per heavy atom. The number of nitrogens with one attached hydrogen (secondary N) is 1. The van der Waals surface area contributed by atoms with Gasteiger partial charge in [0, 0.05) is 89.9 Å². The lowest BCUT2D eigenvalue weighted by molar-refractivity contribution is -0.136. The fourth-order valence-corrected chi connectivity index (χ4v) is 8.79. The lowest BCUT2D eigenvalue weighted by atomic mass is 9.71. The summed E-state index contributed by atoms with van der Waals surface area (Å²) in [4.78, 5) is 61.7. The van der Waals surface area contributed by atoms with E-state index in [2.05, 4.69) is 26.2 Å². The Labute approximate surface area is 311 Å². The summed E-state index contributed by atoms with van der Waals surface area (Å²) in [6.45, 7) is 1.87. The molecule has 1 unspecified atom stereocenters. The molecule has 2 aromatic heterocycles. The van der Waals surface area contributed by atoms with Crippen LogP contribution in [0.25, 0.3) is 21.9 Å². The van der Waals surface area contributed by atoms with Crippen molar-refractivity contribution in [2.45, 2.75) is 63.6 Å². The molecule has 274 valence electrons. The molecule has 3 amide bonds. The standard InChI is InChI=1S/C41H44N6O6/c1-44-20-31(29-17-33(24-4-5-24)42-18-30(29)39(44)50)26-14-35(52-2)32(36(15-26)53-3)21-45-12-10-41(11-13-45)22-46(23-41)27-7-6-25-19-47(40(51)28(25)16-27)34-8-9-37(48)43-38(34)49/h6-7,14-18,20,24,34H,4-5,8-13,19,21-23H2,1-3H3,(H,43,48,49)/i1D3. The number of aromatic nitrogens is 2. The number of hydrogen-bond donors (Lipinski definition) is 1. The summed E-state index contributed by atoms with van der Waals surface area (Å²) in [6.07, 6.45) is 7.61. The fourth-order valence-electron chi connectivity index (χ4n) is 8.79. The van der Waals surface area contributed by atoms with E-state index in [0.29, 0.717) is 59.0 Å². The first-order valence-electron chi connectivity index (χ1n) is 19.9. The SMILES string of the molecule is [2H]C([2H])([2H])n1cc(-c2cc(OC)c(CN3CCC4(CC3)CN(c3ccc5c(c3)C(=O)N(C3CCC(=O)NC3=O)C5)C4)c(OC)c2)c2cc(C3CC3)ncc2c1=O. The topological polar surface area (TPSA) is 126 Å². The Morgan fingerprint density at radius 2 is 1.70 bits per heavy atom. The Morgan fingerprint density at radius 3 is 2.38 bits per heavy atom. The molecule has 4 aromatic rings. The van der Waals surface area contributed by atoms with Gasteiger partial charge >= 0.3 is 0 Å². The molecule has 53 heavy (non-hydrogen) atoms. The third kappa shape index (κ3) is 5.83. The molecule has 0 radical (unpaired) electrons. The van der Waals surface area contributed by atoms with Gasteiger partial charge in [0.15, 0.2) is 0 Å². The van der Waals surface area contributed by atoms with Gasteiger partial charge in [0.2, 0.25) is 11.8 Å². The van der Waals surface area contributed by atoms with Crippen molar-refractivity contribution >= 4 is 34.2 Å². The van der Waals surface area contributed by atoms with Crippen LogP contribution in [0.1, 0.15) is 75.7 Å². The third-order valence-electron chi connectivity index (χ3n) is 12.1. The van der Waals surface area contributed by atoms with Crippen molar-refractivity contribution in [2.24, 2.45) is 12.4 Å². The maximum atomic E-state index is 13.4. The molecule has 3 saturated heterocycles. The van der Waals surface area contributed by atoms with E-state index in [1.807, 2.05) is 30.3 Å². The first kappa shape index (κ1) is 30.3. The number of aryl methyl sites for hydroxylation is 1. The van der Waals surface area contributed by atoms with E-state index < -0.39 is 24.5 Å². The number of amides is 3. The largest absolute Gasteiger partial charge is 0.496 e. The number of carbonyl (C=O) groups excluding carboxylic acids is 3. The van der Waals surface area contributed by atoms with Crippen molar-refractivity contribution < 1.29 is 28.0 Å². The van der Waals surface area contributed by atoms with Crippen molar-refractivity contribution in [3.05, 3.63) is 81.5 Å². The van der Waals surface area contributed by atoms with Crippen LogP contribution in [0, 0.1) is 5.41 Å². The highest BCUT2D eigenvalue weighted by Gasteiger charge is 2.46. The second kappa shape index (κ2) is 12.7. The van der Waals surface area contributed by atoms with Crippen LogP contribution < -0.4 is 25.2 Å². The van der Waals surface area contributed by atoms with Gasteiger partial charge in [-0.3, -0.25) is 34.4 Å². The average Bonchev–Trinajstić information content (AvgIpc) is 3.97. The van der Waals surface area contributed by atoms with Gasteiger partial charge in [-0.05, 0) is 92.0 Å². The van der Waals surface area contributed by atoms with E-state index in [1.165, 1.54) is 12.4 Å². The summed E-state index contributed by atoms with van der Waals surface area (Å²) in [6, 6.07) is 11.1. The Bertz CT molecular complexity index is 2330. The van der Waals surface area contributed by atoms with Crippen LogP contribution in [0.3, 0.4) is 0 Å². The maximum Gasteiger partial charge on any atom is 0.259 e. The molecular weight excluding hydrogens is 672 g/mol. The molecular formula is C41H44N6O6. The van der Waals surface area contributed by atoms with E-state index in [-0.39, 0.29) is 29.0 Å². The minimum atomic E-state index is -2.67. The highest BCUT2D eigenvalue weighted by molar-refractivity contribution is 6.05. The van der Waals surface area contributed by atoms with Gasteiger partial charge in [0.1, 0.15) is 17.5 Å². The first-order valence-corrected chi connectivity index (χ1v) is 18.4. The molecule has 1 spiro atoms. The van der Waals surface area contributed by atoms with E-state index in [1.54, 1.807) is 19.1 Å². The van der Waals surface area contributed by atoms with Gasteiger partial charge in [-0.25, -0.2) is 0 Å². The van der Waals surface area contributed by atoms with Gasteiger partial charge < -0.3 is 23.8 Å². The zero-order valence-corrected chi connectivity index (χ0v) is 29.9. The maximum absolute atomic E-state index is 13.4. The molecule has 5 aliphatic rings. The Balaban J connectivity index is 0.897. The van der Waals surface area contributed by atoms with Gasteiger partial charge in [-0.2, -0.15) is 0 Å². The number of hydrogen-bond acceptors (Lipinski definition) is 9. The molecule has 1 atom stereocenters. The summed E-state index contributed by atoms with van der Waals surface area (Å²) in [7, 11) is 3.23. The predicted molar refractivity (Wildman–Crippen MR) is 199 cm³/mol. The van der Waals surface area contributed by atoms with Crippen molar-refractivity contribution in [3.8, 4) is 22.6 Å². The number of rotatable bonds is 8. The van der Waals surface area contributed by atoms with E-state index in [4.69, 9.17) is 13.6 Å². The molecule has 6 heterocycles. The third-order valence-corrected chi connectivity index (χ3v) is 12.1. The summed E-state index contributed by atoms with van der Waals surface area (Å²) in [5, 5.41) is 3.27. The van der Waals surface area contributed by atoms with Crippen LogP contribution in [-0.4, -0.2) is 83.5 Å². The molecule has 0 bridgehead atoms. The zero-order valence-electron chi connectivity index (χ0n) is 32.9. The number of benzene rings is 2. The summed E-state index contributed by atoms with van der Waals surface area (Å²) in [5.41, 5.74) is 5.19. The number of anilines is 1. The number of imide groups is 1. The smallest absolute Gasteiger partial charge is 0.259 e. The van der Waals surface area contributed by atoms with E-state index in [9.17, 15) is 19.2 Å². The van der Waals surface area contributed by atoms with Crippen LogP contribution in [0.5, 0.6) is 11.5 Å². The predicted octanol–water partition coefficient (Wildman–Crippen LogP) is 4.36. The molecule has 12 nitrogen and oxygen atoms in total. The number of piperidine rings is 2. The second-order valence-corrected chi connectivity index (χ2v) is 15.4. The number of carbonyl (C=O) groups is 3. The number of ether oxygens (including phenoxy) is 2. The fraction of sp³-hybridized carbons (Fsp3) is 0.439. The lowest BCUT2D eigenvalue weighted by Gasteiger charge is -2.55. The van der Waals surface area contributed by atoms with Crippen LogP contribution in [0.2, 0.25) is 0 Å². The van der Waals surface area contributed by atoms with Crippen molar-refractivity contribution in [3.63, 3.8) is 0 Å². The number of nitrogens with zero attached hydrogens (tertiary/aromatic N) is 5. The van der Waals surface area contributed by atoms with Crippen molar-refractivity contribution in [2.75, 3.05) is 45.3 Å². The quantitative estimate of drug-likeness (QED) is 0.265.